The summed E-state index contributed by atoms with van der Waals surface area (Å²) in [7, 11) is 0. The van der Waals surface area contributed by atoms with Gasteiger partial charge in [0.05, 0.1) is 5.37 Å². The molecule has 1 aliphatic rings. The van der Waals surface area contributed by atoms with Crippen molar-refractivity contribution in [1.82, 2.24) is 4.90 Å². The van der Waals surface area contributed by atoms with Crippen LogP contribution in [-0.2, 0) is 9.59 Å². The average Bonchev–Trinajstić information content (AvgIpc) is 2.92. The largest absolute Gasteiger partial charge is 0.480 e. The molecule has 102 valence electrons. The molecular weight excluding hydrogens is 266 g/mol. The molecule has 2 unspecified atom stereocenters. The summed E-state index contributed by atoms with van der Waals surface area (Å²) in [6.45, 7) is 3.65. The van der Waals surface area contributed by atoms with Crippen molar-refractivity contribution in [1.29, 1.82) is 0 Å². The molecule has 0 saturated carbocycles. The zero-order valence-electron chi connectivity index (χ0n) is 10.7. The van der Waals surface area contributed by atoms with E-state index >= 15 is 0 Å². The van der Waals surface area contributed by atoms with Crippen LogP contribution in [0.25, 0.3) is 6.08 Å². The third kappa shape index (κ3) is 3.01. The Morgan fingerprint density at radius 2 is 2.26 bits per heavy atom. The first-order chi connectivity index (χ1) is 8.99. The SMILES string of the molecule is Cc1ccc(C=CC(=O)N2C(C)SCC2C(=O)O)o1. The van der Waals surface area contributed by atoms with Gasteiger partial charge in [-0.3, -0.25) is 4.79 Å². The van der Waals surface area contributed by atoms with E-state index in [1.807, 2.05) is 13.8 Å². The number of carbonyl (C=O) groups excluding carboxylic acids is 1. The van der Waals surface area contributed by atoms with E-state index in [0.717, 1.165) is 5.76 Å². The third-order valence-corrected chi connectivity index (χ3v) is 4.13. The summed E-state index contributed by atoms with van der Waals surface area (Å²) >= 11 is 1.46. The summed E-state index contributed by atoms with van der Waals surface area (Å²) in [5.74, 6) is 0.500. The van der Waals surface area contributed by atoms with Gasteiger partial charge in [0, 0.05) is 11.8 Å². The normalized spacial score (nSPS) is 23.2. The van der Waals surface area contributed by atoms with Crippen molar-refractivity contribution in [2.75, 3.05) is 5.75 Å². The summed E-state index contributed by atoms with van der Waals surface area (Å²) in [6, 6.07) is 2.81. The van der Waals surface area contributed by atoms with Crippen LogP contribution in [0.5, 0.6) is 0 Å². The van der Waals surface area contributed by atoms with Crippen LogP contribution in [0.1, 0.15) is 18.4 Å². The van der Waals surface area contributed by atoms with Crippen LogP contribution >= 0.6 is 11.8 Å². The highest BCUT2D eigenvalue weighted by atomic mass is 32.2. The molecule has 2 heterocycles. The van der Waals surface area contributed by atoms with Crippen molar-refractivity contribution in [3.8, 4) is 0 Å². The van der Waals surface area contributed by atoms with E-state index in [-0.39, 0.29) is 11.3 Å². The second-order valence-corrected chi connectivity index (χ2v) is 5.66. The van der Waals surface area contributed by atoms with E-state index in [9.17, 15) is 9.59 Å². The van der Waals surface area contributed by atoms with Gasteiger partial charge in [0.1, 0.15) is 17.6 Å². The minimum absolute atomic E-state index is 0.128. The highest BCUT2D eigenvalue weighted by Gasteiger charge is 2.38. The molecule has 1 aromatic rings. The first-order valence-electron chi connectivity index (χ1n) is 5.90. The summed E-state index contributed by atoms with van der Waals surface area (Å²) in [4.78, 5) is 24.5. The van der Waals surface area contributed by atoms with Crippen LogP contribution in [0, 0.1) is 6.92 Å². The van der Waals surface area contributed by atoms with Gasteiger partial charge in [0.2, 0.25) is 5.91 Å². The number of amides is 1. The number of carbonyl (C=O) groups is 2. The highest BCUT2D eigenvalue weighted by Crippen LogP contribution is 2.29. The lowest BCUT2D eigenvalue weighted by Crippen LogP contribution is -2.43. The van der Waals surface area contributed by atoms with Gasteiger partial charge in [-0.2, -0.15) is 0 Å². The highest BCUT2D eigenvalue weighted by molar-refractivity contribution is 8.00. The Morgan fingerprint density at radius 3 is 2.84 bits per heavy atom. The molecule has 0 aliphatic carbocycles. The van der Waals surface area contributed by atoms with Crippen molar-refractivity contribution in [2.45, 2.75) is 25.3 Å². The van der Waals surface area contributed by atoms with E-state index < -0.39 is 12.0 Å². The molecule has 1 fully saturated rings. The van der Waals surface area contributed by atoms with Gasteiger partial charge in [-0.15, -0.1) is 11.8 Å². The number of nitrogens with zero attached hydrogens (tertiary/aromatic N) is 1. The first kappa shape index (κ1) is 13.7. The predicted octanol–water partition coefficient (Wildman–Crippen LogP) is 1.98. The molecule has 2 rings (SSSR count). The van der Waals surface area contributed by atoms with Crippen molar-refractivity contribution in [3.05, 3.63) is 29.7 Å². The number of hydrogen-bond donors (Lipinski definition) is 1. The van der Waals surface area contributed by atoms with Gasteiger partial charge in [-0.1, -0.05) is 0 Å². The second kappa shape index (κ2) is 5.52. The quantitative estimate of drug-likeness (QED) is 0.858. The maximum Gasteiger partial charge on any atom is 0.327 e. The average molecular weight is 281 g/mol. The van der Waals surface area contributed by atoms with Gasteiger partial charge >= 0.3 is 5.97 Å². The lowest BCUT2D eigenvalue weighted by molar-refractivity contribution is -0.147. The molecule has 2 atom stereocenters. The van der Waals surface area contributed by atoms with Crippen LogP contribution in [0.2, 0.25) is 0 Å². The molecule has 0 aromatic carbocycles. The summed E-state index contributed by atoms with van der Waals surface area (Å²) in [5.41, 5.74) is 0. The number of furan rings is 1. The zero-order chi connectivity index (χ0) is 14.0. The number of aryl methyl sites for hydroxylation is 1. The maximum absolute atomic E-state index is 12.1. The summed E-state index contributed by atoms with van der Waals surface area (Å²) in [5, 5.41) is 8.96. The van der Waals surface area contributed by atoms with Crippen LogP contribution in [0.3, 0.4) is 0 Å². The minimum atomic E-state index is -0.965. The number of hydrogen-bond acceptors (Lipinski definition) is 4. The number of thioether (sulfide) groups is 1. The predicted molar refractivity (Wildman–Crippen MR) is 72.7 cm³/mol. The van der Waals surface area contributed by atoms with Crippen molar-refractivity contribution in [2.24, 2.45) is 0 Å². The van der Waals surface area contributed by atoms with E-state index in [1.54, 1.807) is 18.2 Å². The maximum atomic E-state index is 12.1. The minimum Gasteiger partial charge on any atom is -0.480 e. The fourth-order valence-corrected chi connectivity index (χ4v) is 3.13. The van der Waals surface area contributed by atoms with Gasteiger partial charge in [0.25, 0.3) is 0 Å². The zero-order valence-corrected chi connectivity index (χ0v) is 11.5. The molecule has 1 saturated heterocycles. The van der Waals surface area contributed by atoms with Crippen molar-refractivity contribution < 1.29 is 19.1 Å². The molecule has 19 heavy (non-hydrogen) atoms. The monoisotopic (exact) mass is 281 g/mol. The number of carboxylic acids is 1. The Balaban J connectivity index is 2.10. The van der Waals surface area contributed by atoms with Crippen molar-refractivity contribution >= 4 is 29.7 Å². The van der Waals surface area contributed by atoms with E-state index in [1.165, 1.54) is 22.7 Å². The van der Waals surface area contributed by atoms with Crippen LogP contribution in [0.4, 0.5) is 0 Å². The molecule has 0 spiro atoms. The fourth-order valence-electron chi connectivity index (χ4n) is 1.95. The van der Waals surface area contributed by atoms with Gasteiger partial charge in [-0.05, 0) is 32.1 Å². The van der Waals surface area contributed by atoms with Crippen LogP contribution < -0.4 is 0 Å². The lowest BCUT2D eigenvalue weighted by Gasteiger charge is -2.23. The smallest absolute Gasteiger partial charge is 0.327 e. The van der Waals surface area contributed by atoms with Gasteiger partial charge in [0.15, 0.2) is 0 Å². The Hall–Kier alpha value is -1.69. The number of aliphatic carboxylic acids is 1. The van der Waals surface area contributed by atoms with Crippen molar-refractivity contribution in [3.63, 3.8) is 0 Å². The molecule has 0 radical (unpaired) electrons. The molecule has 6 heteroatoms. The molecular formula is C13H15NO4S. The van der Waals surface area contributed by atoms with E-state index in [2.05, 4.69) is 0 Å². The number of carboxylic acid groups (broad SMARTS) is 1. The Bertz CT molecular complexity index is 522. The first-order valence-corrected chi connectivity index (χ1v) is 6.95. The molecule has 1 amide bonds. The van der Waals surface area contributed by atoms with Crippen LogP contribution in [-0.4, -0.2) is 39.1 Å². The second-order valence-electron chi connectivity index (χ2n) is 4.31. The summed E-state index contributed by atoms with van der Waals surface area (Å²) in [6.07, 6.45) is 2.92. The molecule has 1 aliphatic heterocycles. The molecule has 5 nitrogen and oxygen atoms in total. The third-order valence-electron chi connectivity index (χ3n) is 2.91. The van der Waals surface area contributed by atoms with Crippen LogP contribution in [0.15, 0.2) is 22.6 Å². The Kier molecular flexibility index (Phi) is 3.99. The standard InChI is InChI=1S/C13H15NO4S/c1-8-3-4-10(18-8)5-6-12(15)14-9(2)19-7-11(14)13(16)17/h3-6,9,11H,7H2,1-2H3,(H,16,17). The number of rotatable bonds is 3. The van der Waals surface area contributed by atoms with E-state index in [0.29, 0.717) is 11.5 Å². The van der Waals surface area contributed by atoms with Gasteiger partial charge < -0.3 is 14.4 Å². The van der Waals surface area contributed by atoms with Gasteiger partial charge in [-0.25, -0.2) is 4.79 Å². The molecule has 1 aromatic heterocycles. The molecule has 1 N–H and O–H groups in total. The fraction of sp³-hybridized carbons (Fsp3) is 0.385. The van der Waals surface area contributed by atoms with E-state index in [4.69, 9.17) is 9.52 Å². The summed E-state index contributed by atoms with van der Waals surface area (Å²) < 4.78 is 5.32. The Labute approximate surface area is 115 Å². The Morgan fingerprint density at radius 1 is 1.53 bits per heavy atom. The molecule has 0 bridgehead atoms. The lowest BCUT2D eigenvalue weighted by atomic mass is 10.2. The topological polar surface area (TPSA) is 70.8 Å².